The average Bonchev–Trinajstić information content (AvgIpc) is 3.39. The minimum absolute atomic E-state index is 0.308. The Kier molecular flexibility index (Phi) is 7.43. The van der Waals surface area contributed by atoms with E-state index in [4.69, 9.17) is 21.1 Å². The molecule has 0 aliphatic heterocycles. The zero-order chi connectivity index (χ0) is 23.9. The predicted molar refractivity (Wildman–Crippen MR) is 133 cm³/mol. The van der Waals surface area contributed by atoms with Crippen LogP contribution in [0.3, 0.4) is 0 Å². The molecular formula is C26H20ClN3O3S. The van der Waals surface area contributed by atoms with Crippen molar-refractivity contribution in [3.63, 3.8) is 0 Å². The fourth-order valence-electron chi connectivity index (χ4n) is 3.40. The Hall–Kier alpha value is -3.86. The highest BCUT2D eigenvalue weighted by Gasteiger charge is 2.18. The zero-order valence-corrected chi connectivity index (χ0v) is 19.8. The molecule has 0 saturated carbocycles. The number of ether oxygens (including phenoxy) is 2. The summed E-state index contributed by atoms with van der Waals surface area (Å²) in [6, 6.07) is 21.8. The molecule has 1 aromatic heterocycles. The van der Waals surface area contributed by atoms with Crippen LogP contribution >= 0.6 is 22.9 Å². The van der Waals surface area contributed by atoms with Gasteiger partial charge in [0.05, 0.1) is 30.3 Å². The summed E-state index contributed by atoms with van der Waals surface area (Å²) in [7, 11) is 1.52. The second-order valence-corrected chi connectivity index (χ2v) is 8.42. The van der Waals surface area contributed by atoms with Gasteiger partial charge in [-0.1, -0.05) is 48.0 Å². The fourth-order valence-corrected chi connectivity index (χ4v) is 4.23. The van der Waals surface area contributed by atoms with Crippen LogP contribution in [-0.4, -0.2) is 18.0 Å². The number of benzene rings is 3. The summed E-state index contributed by atoms with van der Waals surface area (Å²) in [5.74, 6) is 0.131. The van der Waals surface area contributed by atoms with Crippen LogP contribution in [0.1, 0.15) is 33.1 Å². The molecule has 0 bridgehead atoms. The molecule has 0 radical (unpaired) electrons. The highest BCUT2D eigenvalue weighted by Crippen LogP contribution is 2.33. The summed E-state index contributed by atoms with van der Waals surface area (Å²) in [4.78, 5) is 17.0. The minimum Gasteiger partial charge on any atom is -0.493 e. The number of halogens is 1. The van der Waals surface area contributed by atoms with Gasteiger partial charge in [-0.15, -0.1) is 11.3 Å². The first-order valence-corrected chi connectivity index (χ1v) is 11.6. The van der Waals surface area contributed by atoms with Gasteiger partial charge in [0.2, 0.25) is 0 Å². The Morgan fingerprint density at radius 2 is 1.97 bits per heavy atom. The summed E-state index contributed by atoms with van der Waals surface area (Å²) in [5.41, 5.74) is 5.01. The Labute approximate surface area is 206 Å². The van der Waals surface area contributed by atoms with Crippen LogP contribution < -0.4 is 14.8 Å². The molecule has 0 fully saturated rings. The SMILES string of the molecule is COc1cc(C(=O)Nc2ccc(C(C#N)c3ccccc3)c(Cl)c2)ccc1OCc1cscn1. The van der Waals surface area contributed by atoms with Gasteiger partial charge >= 0.3 is 0 Å². The third-order valence-electron chi connectivity index (χ3n) is 5.12. The maximum absolute atomic E-state index is 12.8. The molecule has 8 heteroatoms. The molecule has 1 atom stereocenters. The van der Waals surface area contributed by atoms with Crippen molar-refractivity contribution < 1.29 is 14.3 Å². The third-order valence-corrected chi connectivity index (χ3v) is 6.08. The first kappa shape index (κ1) is 23.3. The molecule has 0 saturated heterocycles. The van der Waals surface area contributed by atoms with Gasteiger partial charge < -0.3 is 14.8 Å². The quantitative estimate of drug-likeness (QED) is 0.314. The lowest BCUT2D eigenvalue weighted by Crippen LogP contribution is -2.12. The van der Waals surface area contributed by atoms with Crippen molar-refractivity contribution in [2.75, 3.05) is 12.4 Å². The minimum atomic E-state index is -0.500. The summed E-state index contributed by atoms with van der Waals surface area (Å²) in [6.07, 6.45) is 0. The number of hydrogen-bond acceptors (Lipinski definition) is 6. The molecule has 1 unspecified atom stereocenters. The van der Waals surface area contributed by atoms with Crippen LogP contribution in [0.5, 0.6) is 11.5 Å². The van der Waals surface area contributed by atoms with E-state index in [1.54, 1.807) is 41.9 Å². The van der Waals surface area contributed by atoms with Crippen LogP contribution in [0, 0.1) is 11.3 Å². The first-order valence-electron chi connectivity index (χ1n) is 10.3. The lowest BCUT2D eigenvalue weighted by atomic mass is 9.92. The molecule has 0 aliphatic carbocycles. The highest BCUT2D eigenvalue weighted by atomic mass is 35.5. The summed E-state index contributed by atoms with van der Waals surface area (Å²) in [6.45, 7) is 0.308. The zero-order valence-electron chi connectivity index (χ0n) is 18.2. The van der Waals surface area contributed by atoms with E-state index in [2.05, 4.69) is 16.4 Å². The molecule has 6 nitrogen and oxygen atoms in total. The van der Waals surface area contributed by atoms with Crippen molar-refractivity contribution in [1.29, 1.82) is 5.26 Å². The van der Waals surface area contributed by atoms with Gasteiger partial charge in [-0.25, -0.2) is 4.98 Å². The Balaban J connectivity index is 1.48. The number of hydrogen-bond donors (Lipinski definition) is 1. The number of thiazole rings is 1. The number of carbonyl (C=O) groups excluding carboxylic acids is 1. The van der Waals surface area contributed by atoms with Crippen molar-refractivity contribution in [2.45, 2.75) is 12.5 Å². The Morgan fingerprint density at radius 3 is 2.65 bits per heavy atom. The molecule has 1 amide bonds. The van der Waals surface area contributed by atoms with E-state index in [9.17, 15) is 10.1 Å². The van der Waals surface area contributed by atoms with Crippen LogP contribution in [0.15, 0.2) is 77.6 Å². The molecule has 34 heavy (non-hydrogen) atoms. The molecule has 1 N–H and O–H groups in total. The van der Waals surface area contributed by atoms with E-state index >= 15 is 0 Å². The van der Waals surface area contributed by atoms with Crippen molar-refractivity contribution in [3.8, 4) is 17.6 Å². The van der Waals surface area contributed by atoms with Gasteiger partial charge in [0, 0.05) is 21.7 Å². The second kappa shape index (κ2) is 10.8. The molecule has 4 rings (SSSR count). The summed E-state index contributed by atoms with van der Waals surface area (Å²) < 4.78 is 11.2. The van der Waals surface area contributed by atoms with Crippen molar-refractivity contribution in [2.24, 2.45) is 0 Å². The van der Waals surface area contributed by atoms with Gasteiger partial charge in [0.15, 0.2) is 11.5 Å². The highest BCUT2D eigenvalue weighted by molar-refractivity contribution is 7.07. The monoisotopic (exact) mass is 489 g/mol. The maximum Gasteiger partial charge on any atom is 0.255 e. The van der Waals surface area contributed by atoms with Gasteiger partial charge in [-0.05, 0) is 41.5 Å². The third kappa shape index (κ3) is 5.37. The molecule has 3 aromatic carbocycles. The topological polar surface area (TPSA) is 84.2 Å². The summed E-state index contributed by atoms with van der Waals surface area (Å²) >= 11 is 7.98. The normalized spacial score (nSPS) is 11.3. The fraction of sp³-hybridized carbons (Fsp3) is 0.115. The smallest absolute Gasteiger partial charge is 0.255 e. The maximum atomic E-state index is 12.8. The predicted octanol–water partition coefficient (Wildman–Crippen LogP) is 6.29. The van der Waals surface area contributed by atoms with Crippen LogP contribution in [0.4, 0.5) is 5.69 Å². The number of nitrogens with zero attached hydrogens (tertiary/aromatic N) is 2. The number of nitrogens with one attached hydrogen (secondary N) is 1. The average molecular weight is 490 g/mol. The summed E-state index contributed by atoms with van der Waals surface area (Å²) in [5, 5.41) is 14.8. The number of rotatable bonds is 8. The molecular weight excluding hydrogens is 470 g/mol. The van der Waals surface area contributed by atoms with E-state index in [1.165, 1.54) is 18.4 Å². The largest absolute Gasteiger partial charge is 0.493 e. The molecule has 170 valence electrons. The number of methoxy groups -OCH3 is 1. The van der Waals surface area contributed by atoms with E-state index in [-0.39, 0.29) is 5.91 Å². The number of nitriles is 1. The van der Waals surface area contributed by atoms with E-state index in [1.807, 2.05) is 35.7 Å². The van der Waals surface area contributed by atoms with Crippen LogP contribution in [0.2, 0.25) is 5.02 Å². The number of carbonyl (C=O) groups is 1. The van der Waals surface area contributed by atoms with Gasteiger partial charge in [-0.2, -0.15) is 5.26 Å². The van der Waals surface area contributed by atoms with E-state index in [0.29, 0.717) is 39.9 Å². The number of amides is 1. The van der Waals surface area contributed by atoms with E-state index in [0.717, 1.165) is 11.3 Å². The van der Waals surface area contributed by atoms with Crippen molar-refractivity contribution in [1.82, 2.24) is 4.98 Å². The lowest BCUT2D eigenvalue weighted by Gasteiger charge is -2.14. The van der Waals surface area contributed by atoms with Crippen molar-refractivity contribution in [3.05, 3.63) is 105 Å². The molecule has 1 heterocycles. The number of anilines is 1. The standard InChI is InChI=1S/C26H20ClN3O3S/c1-32-25-11-18(7-10-24(25)33-14-20-15-34-16-29-20)26(31)30-19-8-9-21(23(27)12-19)22(13-28)17-5-3-2-4-6-17/h2-12,15-16,22H,14H2,1H3,(H,30,31). The first-order chi connectivity index (χ1) is 16.6. The Morgan fingerprint density at radius 1 is 1.15 bits per heavy atom. The second-order valence-electron chi connectivity index (χ2n) is 7.30. The molecule has 4 aromatic rings. The van der Waals surface area contributed by atoms with Crippen LogP contribution in [-0.2, 0) is 6.61 Å². The molecule has 0 aliphatic rings. The Bertz CT molecular complexity index is 1320. The van der Waals surface area contributed by atoms with Gasteiger partial charge in [0.1, 0.15) is 6.61 Å². The molecule has 0 spiro atoms. The lowest BCUT2D eigenvalue weighted by molar-refractivity contribution is 0.102. The van der Waals surface area contributed by atoms with Gasteiger partial charge in [0.25, 0.3) is 5.91 Å². The van der Waals surface area contributed by atoms with Crippen molar-refractivity contribution >= 4 is 34.5 Å². The number of aromatic nitrogens is 1. The van der Waals surface area contributed by atoms with Crippen LogP contribution in [0.25, 0.3) is 0 Å². The van der Waals surface area contributed by atoms with Gasteiger partial charge in [-0.3, -0.25) is 4.79 Å². The van der Waals surface area contributed by atoms with E-state index < -0.39 is 5.92 Å².